The Bertz CT molecular complexity index is 345. The first-order valence-corrected chi connectivity index (χ1v) is 5.66. The summed E-state index contributed by atoms with van der Waals surface area (Å²) in [5, 5.41) is 3.48. The van der Waals surface area contributed by atoms with Gasteiger partial charge in [-0.25, -0.2) is 0 Å². The van der Waals surface area contributed by atoms with Gasteiger partial charge in [-0.2, -0.15) is 0 Å². The van der Waals surface area contributed by atoms with Crippen LogP contribution in [0.1, 0.15) is 42.2 Å². The lowest BCUT2D eigenvalue weighted by molar-refractivity contribution is 0.283. The molecule has 0 heterocycles. The third-order valence-electron chi connectivity index (χ3n) is 4.06. The minimum Gasteiger partial charge on any atom is -0.316 e. The molecule has 0 amide bonds. The Morgan fingerprint density at radius 1 is 1.14 bits per heavy atom. The fourth-order valence-corrected chi connectivity index (χ4v) is 3.36. The van der Waals surface area contributed by atoms with Crippen LogP contribution in [0.15, 0.2) is 24.3 Å². The molecule has 4 rings (SSSR count). The molecule has 1 fully saturated rings. The van der Waals surface area contributed by atoms with E-state index in [0.717, 1.165) is 17.9 Å². The summed E-state index contributed by atoms with van der Waals surface area (Å²) in [4.78, 5) is 0. The number of benzene rings is 1. The van der Waals surface area contributed by atoms with Crippen molar-refractivity contribution in [1.82, 2.24) is 5.32 Å². The third kappa shape index (κ3) is 1.05. The molecule has 1 aromatic carbocycles. The Balaban J connectivity index is 2.08. The van der Waals surface area contributed by atoms with E-state index in [-0.39, 0.29) is 0 Å². The molecule has 3 atom stereocenters. The van der Waals surface area contributed by atoms with Crippen LogP contribution in [0.5, 0.6) is 0 Å². The Labute approximate surface area is 85.5 Å². The second kappa shape index (κ2) is 3.09. The van der Waals surface area contributed by atoms with Crippen LogP contribution in [-0.4, -0.2) is 13.1 Å². The topological polar surface area (TPSA) is 12.0 Å². The number of nitrogens with one attached hydrogen (secondary N) is 1. The molecule has 0 aromatic heterocycles. The molecule has 1 nitrogen and oxygen atoms in total. The number of fused-ring (bicyclic) bond motifs is 2. The molecule has 1 N–H and O–H groups in total. The van der Waals surface area contributed by atoms with Gasteiger partial charge >= 0.3 is 0 Å². The molecule has 74 valence electrons. The molecule has 0 saturated heterocycles. The van der Waals surface area contributed by atoms with Crippen molar-refractivity contribution in [2.24, 2.45) is 0 Å². The lowest BCUT2D eigenvalue weighted by atomic mass is 9.64. The Morgan fingerprint density at radius 2 is 1.93 bits per heavy atom. The molecule has 1 aromatic rings. The summed E-state index contributed by atoms with van der Waals surface area (Å²) < 4.78 is 0. The van der Waals surface area contributed by atoms with Gasteiger partial charge in [0.05, 0.1) is 0 Å². The smallest absolute Gasteiger partial charge is 0.0139 e. The zero-order valence-electron chi connectivity index (χ0n) is 8.66. The first kappa shape index (κ1) is 8.49. The van der Waals surface area contributed by atoms with E-state index in [4.69, 9.17) is 0 Å². The van der Waals surface area contributed by atoms with Crippen molar-refractivity contribution in [2.45, 2.75) is 37.1 Å². The monoisotopic (exact) mass is 187 g/mol. The van der Waals surface area contributed by atoms with Crippen LogP contribution in [0.25, 0.3) is 0 Å². The SMILES string of the molecule is CN[C@@H]1CC2CC[C@@H]1c1ccccc12. The number of rotatable bonds is 1. The zero-order chi connectivity index (χ0) is 9.54. The Morgan fingerprint density at radius 3 is 2.71 bits per heavy atom. The fourth-order valence-electron chi connectivity index (χ4n) is 3.36. The maximum Gasteiger partial charge on any atom is 0.0139 e. The fraction of sp³-hybridized carbons (Fsp3) is 0.538. The van der Waals surface area contributed by atoms with E-state index in [1.54, 1.807) is 11.1 Å². The molecule has 1 saturated carbocycles. The van der Waals surface area contributed by atoms with Crippen molar-refractivity contribution in [2.75, 3.05) is 7.05 Å². The Kier molecular flexibility index (Phi) is 1.88. The Hall–Kier alpha value is -0.820. The van der Waals surface area contributed by atoms with Crippen molar-refractivity contribution in [3.63, 3.8) is 0 Å². The van der Waals surface area contributed by atoms with E-state index in [1.807, 2.05) is 0 Å². The normalized spacial score (nSPS) is 34.2. The molecule has 3 aliphatic carbocycles. The molecule has 0 aliphatic heterocycles. The van der Waals surface area contributed by atoms with Crippen LogP contribution in [0.4, 0.5) is 0 Å². The van der Waals surface area contributed by atoms with Crippen molar-refractivity contribution in [1.29, 1.82) is 0 Å². The summed E-state index contributed by atoms with van der Waals surface area (Å²) in [6.07, 6.45) is 4.13. The van der Waals surface area contributed by atoms with Gasteiger partial charge in [-0.1, -0.05) is 24.3 Å². The highest BCUT2D eigenvalue weighted by Crippen LogP contribution is 2.48. The first-order valence-electron chi connectivity index (χ1n) is 5.66. The first-order chi connectivity index (χ1) is 6.90. The van der Waals surface area contributed by atoms with Crippen molar-refractivity contribution in [3.05, 3.63) is 35.4 Å². The molecular formula is C13H17N. The van der Waals surface area contributed by atoms with Crippen molar-refractivity contribution in [3.8, 4) is 0 Å². The summed E-state index contributed by atoms with van der Waals surface area (Å²) in [6, 6.07) is 9.76. The second-order valence-electron chi connectivity index (χ2n) is 4.64. The standard InChI is InChI=1S/C13H17N/c1-14-13-8-9-6-7-12(13)11-5-3-2-4-10(9)11/h2-5,9,12-14H,6-8H2,1H3/t9?,12-,13-/m1/s1. The van der Waals surface area contributed by atoms with Crippen LogP contribution < -0.4 is 5.32 Å². The zero-order valence-corrected chi connectivity index (χ0v) is 8.66. The quantitative estimate of drug-likeness (QED) is 0.712. The van der Waals surface area contributed by atoms with Crippen molar-refractivity contribution >= 4 is 0 Å². The summed E-state index contributed by atoms with van der Waals surface area (Å²) in [5.74, 6) is 1.61. The van der Waals surface area contributed by atoms with Gasteiger partial charge in [0.1, 0.15) is 0 Å². The molecule has 0 radical (unpaired) electrons. The van der Waals surface area contributed by atoms with E-state index in [2.05, 4.69) is 36.6 Å². The number of hydrogen-bond acceptors (Lipinski definition) is 1. The predicted molar refractivity (Wildman–Crippen MR) is 58.6 cm³/mol. The third-order valence-corrected chi connectivity index (χ3v) is 4.06. The number of likely N-dealkylation sites (N-methyl/N-ethyl adjacent to an activating group) is 1. The average molecular weight is 187 g/mol. The van der Waals surface area contributed by atoms with E-state index < -0.39 is 0 Å². The molecular weight excluding hydrogens is 170 g/mol. The molecule has 3 aliphatic rings. The summed E-state index contributed by atoms with van der Waals surface area (Å²) in [7, 11) is 2.11. The predicted octanol–water partition coefficient (Wildman–Crippen LogP) is 2.64. The molecule has 0 spiro atoms. The van der Waals surface area contributed by atoms with Crippen LogP contribution in [-0.2, 0) is 0 Å². The van der Waals surface area contributed by atoms with Crippen LogP contribution >= 0.6 is 0 Å². The maximum atomic E-state index is 3.48. The highest BCUT2D eigenvalue weighted by atomic mass is 14.9. The lowest BCUT2D eigenvalue weighted by Gasteiger charge is -2.44. The van der Waals surface area contributed by atoms with Gasteiger partial charge in [0.2, 0.25) is 0 Å². The van der Waals surface area contributed by atoms with Gasteiger partial charge in [-0.3, -0.25) is 0 Å². The molecule has 1 heteroatoms. The highest BCUT2D eigenvalue weighted by molar-refractivity contribution is 5.39. The van der Waals surface area contributed by atoms with Gasteiger partial charge in [0, 0.05) is 6.04 Å². The van der Waals surface area contributed by atoms with Crippen LogP contribution in [0, 0.1) is 0 Å². The van der Waals surface area contributed by atoms with E-state index in [9.17, 15) is 0 Å². The van der Waals surface area contributed by atoms with Gasteiger partial charge in [0.15, 0.2) is 0 Å². The largest absolute Gasteiger partial charge is 0.316 e. The molecule has 14 heavy (non-hydrogen) atoms. The van der Waals surface area contributed by atoms with Gasteiger partial charge in [0.25, 0.3) is 0 Å². The van der Waals surface area contributed by atoms with E-state index in [0.29, 0.717) is 0 Å². The summed E-state index contributed by atoms with van der Waals surface area (Å²) in [5.41, 5.74) is 3.25. The molecule has 1 unspecified atom stereocenters. The van der Waals surface area contributed by atoms with Gasteiger partial charge in [-0.05, 0) is 49.3 Å². The summed E-state index contributed by atoms with van der Waals surface area (Å²) in [6.45, 7) is 0. The number of hydrogen-bond donors (Lipinski definition) is 1. The van der Waals surface area contributed by atoms with E-state index in [1.165, 1.54) is 19.3 Å². The van der Waals surface area contributed by atoms with Crippen LogP contribution in [0.3, 0.4) is 0 Å². The molecule has 2 bridgehead atoms. The lowest BCUT2D eigenvalue weighted by Crippen LogP contribution is -2.41. The minimum absolute atomic E-state index is 0.726. The van der Waals surface area contributed by atoms with Crippen molar-refractivity contribution < 1.29 is 0 Å². The minimum atomic E-state index is 0.726. The van der Waals surface area contributed by atoms with Gasteiger partial charge in [-0.15, -0.1) is 0 Å². The second-order valence-corrected chi connectivity index (χ2v) is 4.64. The maximum absolute atomic E-state index is 3.48. The van der Waals surface area contributed by atoms with Crippen LogP contribution in [0.2, 0.25) is 0 Å². The highest BCUT2D eigenvalue weighted by Gasteiger charge is 2.38. The average Bonchev–Trinajstić information content (AvgIpc) is 2.30. The van der Waals surface area contributed by atoms with Gasteiger partial charge < -0.3 is 5.32 Å². The summed E-state index contributed by atoms with van der Waals surface area (Å²) >= 11 is 0. The van der Waals surface area contributed by atoms with E-state index >= 15 is 0 Å².